The van der Waals surface area contributed by atoms with Gasteiger partial charge in [0.05, 0.1) is 10.0 Å². The van der Waals surface area contributed by atoms with E-state index in [4.69, 9.17) is 23.2 Å². The topological polar surface area (TPSA) is 12.0 Å². The molecule has 1 aliphatic rings. The molecular weight excluding hydrogens is 284 g/mol. The minimum Gasteiger partial charge on any atom is -0.382 e. The Morgan fingerprint density at radius 3 is 2.11 bits per heavy atom. The third kappa shape index (κ3) is 3.76. The first-order chi connectivity index (χ1) is 8.97. The molecule has 4 heteroatoms. The lowest BCUT2D eigenvalue weighted by Gasteiger charge is -2.32. The highest BCUT2D eigenvalue weighted by Gasteiger charge is 2.23. The van der Waals surface area contributed by atoms with Gasteiger partial charge < -0.3 is 5.32 Å². The summed E-state index contributed by atoms with van der Waals surface area (Å²) in [6, 6.07) is 3.65. The van der Waals surface area contributed by atoms with Crippen molar-refractivity contribution in [2.24, 2.45) is 11.8 Å². The summed E-state index contributed by atoms with van der Waals surface area (Å²) in [6.07, 6.45) is 4.79. The molecule has 19 heavy (non-hydrogen) atoms. The summed E-state index contributed by atoms with van der Waals surface area (Å²) in [4.78, 5) is 0. The number of anilines is 1. The van der Waals surface area contributed by atoms with Crippen molar-refractivity contribution in [3.63, 3.8) is 0 Å². The SMILES string of the molecule is CC(C)C1CCC(Nc2cc(Cl)c(F)c(Cl)c2)CC1. The molecule has 0 aliphatic heterocycles. The maximum Gasteiger partial charge on any atom is 0.160 e. The van der Waals surface area contributed by atoms with Crippen LogP contribution in [0.15, 0.2) is 12.1 Å². The first-order valence-electron chi connectivity index (χ1n) is 6.88. The molecular formula is C15H20Cl2FN. The molecule has 1 saturated carbocycles. The molecule has 106 valence electrons. The van der Waals surface area contributed by atoms with Crippen LogP contribution in [-0.4, -0.2) is 6.04 Å². The number of hydrogen-bond donors (Lipinski definition) is 1. The van der Waals surface area contributed by atoms with Gasteiger partial charge in [0.1, 0.15) is 0 Å². The largest absolute Gasteiger partial charge is 0.382 e. The number of hydrogen-bond acceptors (Lipinski definition) is 1. The van der Waals surface area contributed by atoms with Gasteiger partial charge in [-0.15, -0.1) is 0 Å². The standard InChI is InChI=1S/C15H20Cl2FN/c1-9(2)10-3-5-11(6-4-10)19-12-7-13(16)15(18)14(17)8-12/h7-11,19H,3-6H2,1-2H3. The molecule has 0 heterocycles. The van der Waals surface area contributed by atoms with Gasteiger partial charge in [0, 0.05) is 11.7 Å². The van der Waals surface area contributed by atoms with E-state index in [1.165, 1.54) is 12.8 Å². The highest BCUT2D eigenvalue weighted by atomic mass is 35.5. The van der Waals surface area contributed by atoms with Crippen LogP contribution in [0.3, 0.4) is 0 Å². The lowest BCUT2D eigenvalue weighted by atomic mass is 9.79. The maximum absolute atomic E-state index is 13.3. The molecule has 1 N–H and O–H groups in total. The third-order valence-electron chi connectivity index (χ3n) is 4.07. The van der Waals surface area contributed by atoms with Crippen LogP contribution in [0.4, 0.5) is 10.1 Å². The molecule has 1 fully saturated rings. The van der Waals surface area contributed by atoms with Crippen LogP contribution in [0.5, 0.6) is 0 Å². The van der Waals surface area contributed by atoms with Crippen LogP contribution in [0.2, 0.25) is 10.0 Å². The molecule has 0 atom stereocenters. The van der Waals surface area contributed by atoms with Crippen molar-refractivity contribution in [3.8, 4) is 0 Å². The number of halogens is 3. The normalized spacial score (nSPS) is 23.7. The maximum atomic E-state index is 13.3. The Balaban J connectivity index is 1.96. The highest BCUT2D eigenvalue weighted by Crippen LogP contribution is 2.33. The van der Waals surface area contributed by atoms with E-state index in [1.807, 2.05) is 0 Å². The Morgan fingerprint density at radius 1 is 1.11 bits per heavy atom. The minimum absolute atomic E-state index is 0.0749. The Hall–Kier alpha value is -0.470. The first-order valence-corrected chi connectivity index (χ1v) is 7.64. The highest BCUT2D eigenvalue weighted by molar-refractivity contribution is 6.35. The average molecular weight is 304 g/mol. The van der Waals surface area contributed by atoms with Gasteiger partial charge in [0.25, 0.3) is 0 Å². The molecule has 1 aromatic carbocycles. The predicted octanol–water partition coefficient (Wildman–Crippen LogP) is 5.76. The van der Waals surface area contributed by atoms with E-state index in [-0.39, 0.29) is 10.0 Å². The summed E-state index contributed by atoms with van der Waals surface area (Å²) in [5.74, 6) is 1.05. The number of nitrogens with one attached hydrogen (secondary N) is 1. The fraction of sp³-hybridized carbons (Fsp3) is 0.600. The van der Waals surface area contributed by atoms with Crippen LogP contribution < -0.4 is 5.32 Å². The molecule has 1 nitrogen and oxygen atoms in total. The average Bonchev–Trinajstić information content (AvgIpc) is 2.36. The lowest BCUT2D eigenvalue weighted by Crippen LogP contribution is -2.27. The number of rotatable bonds is 3. The third-order valence-corrected chi connectivity index (χ3v) is 4.62. The van der Waals surface area contributed by atoms with Crippen LogP contribution in [0.1, 0.15) is 39.5 Å². The Bertz CT molecular complexity index is 417. The summed E-state index contributed by atoms with van der Waals surface area (Å²) >= 11 is 11.6. The zero-order chi connectivity index (χ0) is 14.0. The van der Waals surface area contributed by atoms with Crippen molar-refractivity contribution in [1.82, 2.24) is 0 Å². The van der Waals surface area contributed by atoms with Crippen LogP contribution in [-0.2, 0) is 0 Å². The minimum atomic E-state index is -0.544. The molecule has 0 aromatic heterocycles. The summed E-state index contributed by atoms with van der Waals surface area (Å²) in [7, 11) is 0. The Kier molecular flexibility index (Phi) is 4.97. The van der Waals surface area contributed by atoms with Crippen molar-refractivity contribution in [2.45, 2.75) is 45.6 Å². The van der Waals surface area contributed by atoms with E-state index in [0.29, 0.717) is 6.04 Å². The van der Waals surface area contributed by atoms with E-state index in [2.05, 4.69) is 19.2 Å². The molecule has 0 amide bonds. The van der Waals surface area contributed by atoms with Gasteiger partial charge in [-0.05, 0) is 49.7 Å². The van der Waals surface area contributed by atoms with Gasteiger partial charge in [0.2, 0.25) is 0 Å². The van der Waals surface area contributed by atoms with Gasteiger partial charge in [-0.2, -0.15) is 0 Å². The molecule has 1 aromatic rings. The first kappa shape index (κ1) is 14.9. The molecule has 0 radical (unpaired) electrons. The van der Waals surface area contributed by atoms with Crippen LogP contribution >= 0.6 is 23.2 Å². The Labute approximate surface area is 124 Å². The van der Waals surface area contributed by atoms with E-state index in [1.54, 1.807) is 12.1 Å². The molecule has 1 aliphatic carbocycles. The van der Waals surface area contributed by atoms with Gasteiger partial charge in [0.15, 0.2) is 5.82 Å². The zero-order valence-electron chi connectivity index (χ0n) is 11.3. The van der Waals surface area contributed by atoms with Crippen molar-refractivity contribution < 1.29 is 4.39 Å². The second-order valence-corrected chi connectivity index (χ2v) is 6.57. The van der Waals surface area contributed by atoms with Gasteiger partial charge >= 0.3 is 0 Å². The second-order valence-electron chi connectivity index (χ2n) is 5.75. The van der Waals surface area contributed by atoms with Gasteiger partial charge in [-0.1, -0.05) is 37.0 Å². The van der Waals surface area contributed by atoms with Gasteiger partial charge in [-0.25, -0.2) is 4.39 Å². The zero-order valence-corrected chi connectivity index (χ0v) is 12.9. The van der Waals surface area contributed by atoms with E-state index < -0.39 is 5.82 Å². The van der Waals surface area contributed by atoms with Crippen molar-refractivity contribution >= 4 is 28.9 Å². The van der Waals surface area contributed by atoms with Crippen molar-refractivity contribution in [3.05, 3.63) is 28.0 Å². The molecule has 2 rings (SSSR count). The summed E-state index contributed by atoms with van der Waals surface area (Å²) in [5.41, 5.74) is 0.810. The fourth-order valence-corrected chi connectivity index (χ4v) is 3.29. The summed E-state index contributed by atoms with van der Waals surface area (Å²) < 4.78 is 13.3. The van der Waals surface area contributed by atoms with Crippen molar-refractivity contribution in [2.75, 3.05) is 5.32 Å². The quantitative estimate of drug-likeness (QED) is 0.700. The van der Waals surface area contributed by atoms with Gasteiger partial charge in [-0.3, -0.25) is 0 Å². The molecule has 0 unspecified atom stereocenters. The second kappa shape index (κ2) is 6.32. The van der Waals surface area contributed by atoms with Crippen LogP contribution in [0, 0.1) is 17.7 Å². The van der Waals surface area contributed by atoms with E-state index >= 15 is 0 Å². The molecule has 0 bridgehead atoms. The molecule has 0 saturated heterocycles. The van der Waals surface area contributed by atoms with Crippen LogP contribution in [0.25, 0.3) is 0 Å². The number of benzene rings is 1. The molecule has 0 spiro atoms. The fourth-order valence-electron chi connectivity index (χ4n) is 2.80. The summed E-state index contributed by atoms with van der Waals surface area (Å²) in [6.45, 7) is 4.58. The smallest absolute Gasteiger partial charge is 0.160 e. The Morgan fingerprint density at radius 2 is 1.63 bits per heavy atom. The van der Waals surface area contributed by atoms with E-state index in [0.717, 1.165) is 30.4 Å². The summed E-state index contributed by atoms with van der Waals surface area (Å²) in [5, 5.41) is 3.56. The lowest BCUT2D eigenvalue weighted by molar-refractivity contribution is 0.267. The predicted molar refractivity (Wildman–Crippen MR) is 80.6 cm³/mol. The van der Waals surface area contributed by atoms with Crippen molar-refractivity contribution in [1.29, 1.82) is 0 Å². The monoisotopic (exact) mass is 303 g/mol. The van der Waals surface area contributed by atoms with E-state index in [9.17, 15) is 4.39 Å².